The maximum absolute atomic E-state index is 11.4. The van der Waals surface area contributed by atoms with Crippen LogP contribution in [0.3, 0.4) is 0 Å². The van der Waals surface area contributed by atoms with Crippen LogP contribution in [0, 0.1) is 13.8 Å². The highest BCUT2D eigenvalue weighted by atomic mass is 16.1. The molecule has 0 radical (unpaired) electrons. The van der Waals surface area contributed by atoms with E-state index < -0.39 is 0 Å². The Morgan fingerprint density at radius 1 is 1.16 bits per heavy atom. The van der Waals surface area contributed by atoms with Crippen LogP contribution in [0.25, 0.3) is 5.69 Å². The Kier molecular flexibility index (Phi) is 3.47. The summed E-state index contributed by atoms with van der Waals surface area (Å²) in [5, 5.41) is 0. The van der Waals surface area contributed by atoms with Crippen molar-refractivity contribution in [1.82, 2.24) is 4.57 Å². The maximum atomic E-state index is 11.4. The van der Waals surface area contributed by atoms with Gasteiger partial charge in [0.1, 0.15) is 0 Å². The van der Waals surface area contributed by atoms with E-state index in [9.17, 15) is 4.79 Å². The predicted molar refractivity (Wildman–Crippen MR) is 77.8 cm³/mol. The topological polar surface area (TPSA) is 48.0 Å². The van der Waals surface area contributed by atoms with Gasteiger partial charge in [-0.1, -0.05) is 26.0 Å². The highest BCUT2D eigenvalue weighted by Gasteiger charge is 2.14. The van der Waals surface area contributed by atoms with Crippen molar-refractivity contribution >= 4 is 5.91 Å². The van der Waals surface area contributed by atoms with Crippen LogP contribution in [0.5, 0.6) is 0 Å². The summed E-state index contributed by atoms with van der Waals surface area (Å²) in [5.74, 6) is 0.139. The van der Waals surface area contributed by atoms with Crippen LogP contribution in [-0.2, 0) is 0 Å². The van der Waals surface area contributed by atoms with E-state index in [0.29, 0.717) is 11.5 Å². The third kappa shape index (κ3) is 2.41. The zero-order chi connectivity index (χ0) is 14.2. The molecule has 0 aliphatic rings. The lowest BCUT2D eigenvalue weighted by Crippen LogP contribution is -2.12. The Bertz CT molecular complexity index is 606. The Labute approximate surface area is 114 Å². The monoisotopic (exact) mass is 256 g/mol. The number of nitrogens with two attached hydrogens (primary N) is 1. The zero-order valence-electron chi connectivity index (χ0n) is 11.9. The van der Waals surface area contributed by atoms with Crippen molar-refractivity contribution < 1.29 is 4.79 Å². The Balaban J connectivity index is 2.50. The minimum absolute atomic E-state index is 0.377. The Morgan fingerprint density at radius 2 is 1.74 bits per heavy atom. The van der Waals surface area contributed by atoms with Gasteiger partial charge in [0.15, 0.2) is 0 Å². The molecule has 3 nitrogen and oxygen atoms in total. The van der Waals surface area contributed by atoms with Gasteiger partial charge in [0.25, 0.3) is 5.91 Å². The van der Waals surface area contributed by atoms with Crippen LogP contribution >= 0.6 is 0 Å². The van der Waals surface area contributed by atoms with Crippen molar-refractivity contribution in [3.8, 4) is 5.69 Å². The number of primary amides is 1. The van der Waals surface area contributed by atoms with Crippen molar-refractivity contribution in [3.63, 3.8) is 0 Å². The molecule has 1 heterocycles. The molecule has 0 unspecified atom stereocenters. The molecule has 0 spiro atoms. The molecule has 0 saturated carbocycles. The smallest absolute Gasteiger partial charge is 0.250 e. The summed E-state index contributed by atoms with van der Waals surface area (Å²) >= 11 is 0. The standard InChI is InChI=1S/C16H20N2O/c1-10(2)13-5-7-14(8-6-13)18-11(3)9-15(12(18)4)16(17)19/h5-10H,1-4H3,(H2,17,19). The van der Waals surface area contributed by atoms with Gasteiger partial charge in [0, 0.05) is 17.1 Å². The molecule has 2 N–H and O–H groups in total. The van der Waals surface area contributed by atoms with Gasteiger partial charge in [-0.15, -0.1) is 0 Å². The van der Waals surface area contributed by atoms with Gasteiger partial charge >= 0.3 is 0 Å². The molecular formula is C16H20N2O. The molecule has 1 aromatic heterocycles. The third-order valence-electron chi connectivity index (χ3n) is 3.51. The van der Waals surface area contributed by atoms with Gasteiger partial charge < -0.3 is 10.3 Å². The van der Waals surface area contributed by atoms with Crippen LogP contribution in [-0.4, -0.2) is 10.5 Å². The average molecular weight is 256 g/mol. The minimum atomic E-state index is -0.377. The number of aromatic nitrogens is 1. The number of carbonyl (C=O) groups excluding carboxylic acids is 1. The second kappa shape index (κ2) is 4.92. The lowest BCUT2D eigenvalue weighted by molar-refractivity contribution is 0.0999. The highest BCUT2D eigenvalue weighted by molar-refractivity contribution is 5.94. The van der Waals surface area contributed by atoms with E-state index in [1.54, 1.807) is 0 Å². The normalized spacial score (nSPS) is 11.0. The fourth-order valence-electron chi connectivity index (χ4n) is 2.42. The molecule has 0 aliphatic heterocycles. The summed E-state index contributed by atoms with van der Waals surface area (Å²) in [6, 6.07) is 10.3. The molecule has 0 aliphatic carbocycles. The van der Waals surface area contributed by atoms with E-state index in [-0.39, 0.29) is 5.91 Å². The van der Waals surface area contributed by atoms with Crippen molar-refractivity contribution in [1.29, 1.82) is 0 Å². The number of rotatable bonds is 3. The van der Waals surface area contributed by atoms with Gasteiger partial charge in [-0.3, -0.25) is 4.79 Å². The third-order valence-corrected chi connectivity index (χ3v) is 3.51. The molecule has 2 rings (SSSR count). The van der Waals surface area contributed by atoms with Crippen molar-refractivity contribution in [3.05, 3.63) is 52.8 Å². The van der Waals surface area contributed by atoms with Crippen molar-refractivity contribution in [2.24, 2.45) is 5.73 Å². The SMILES string of the molecule is Cc1cc(C(N)=O)c(C)n1-c1ccc(C(C)C)cc1. The molecule has 2 aromatic rings. The summed E-state index contributed by atoms with van der Waals surface area (Å²) in [4.78, 5) is 11.4. The van der Waals surface area contributed by atoms with E-state index in [1.807, 2.05) is 19.9 Å². The molecule has 0 saturated heterocycles. The first-order chi connectivity index (χ1) is 8.91. The Hall–Kier alpha value is -2.03. The van der Waals surface area contributed by atoms with Crippen LogP contribution in [0.2, 0.25) is 0 Å². The van der Waals surface area contributed by atoms with Crippen LogP contribution in [0.15, 0.2) is 30.3 Å². The summed E-state index contributed by atoms with van der Waals surface area (Å²) in [7, 11) is 0. The van der Waals surface area contributed by atoms with Crippen LogP contribution < -0.4 is 5.73 Å². The first-order valence-corrected chi connectivity index (χ1v) is 6.51. The second-order valence-electron chi connectivity index (χ2n) is 5.23. The van der Waals surface area contributed by atoms with E-state index in [1.165, 1.54) is 5.56 Å². The van der Waals surface area contributed by atoms with E-state index in [2.05, 4.69) is 42.7 Å². The van der Waals surface area contributed by atoms with Gasteiger partial charge in [0.2, 0.25) is 0 Å². The zero-order valence-corrected chi connectivity index (χ0v) is 11.9. The summed E-state index contributed by atoms with van der Waals surface area (Å²) < 4.78 is 2.06. The first-order valence-electron chi connectivity index (χ1n) is 6.51. The number of nitrogens with zero attached hydrogens (tertiary/aromatic N) is 1. The van der Waals surface area contributed by atoms with Gasteiger partial charge in [-0.25, -0.2) is 0 Å². The molecule has 0 atom stereocenters. The minimum Gasteiger partial charge on any atom is -0.366 e. The molecule has 1 amide bonds. The molecule has 19 heavy (non-hydrogen) atoms. The van der Waals surface area contributed by atoms with Gasteiger partial charge in [-0.05, 0) is 43.5 Å². The maximum Gasteiger partial charge on any atom is 0.250 e. The summed E-state index contributed by atoms with van der Waals surface area (Å²) in [6.07, 6.45) is 0. The number of aryl methyl sites for hydroxylation is 1. The van der Waals surface area contributed by atoms with E-state index in [4.69, 9.17) is 5.73 Å². The number of hydrogen-bond donors (Lipinski definition) is 1. The van der Waals surface area contributed by atoms with Crippen molar-refractivity contribution in [2.75, 3.05) is 0 Å². The van der Waals surface area contributed by atoms with Crippen molar-refractivity contribution in [2.45, 2.75) is 33.6 Å². The van der Waals surface area contributed by atoms with Gasteiger partial charge in [0.05, 0.1) is 5.56 Å². The Morgan fingerprint density at radius 3 is 2.16 bits per heavy atom. The molecule has 0 bridgehead atoms. The summed E-state index contributed by atoms with van der Waals surface area (Å²) in [6.45, 7) is 8.25. The molecule has 0 fully saturated rings. The molecular weight excluding hydrogens is 236 g/mol. The fourth-order valence-corrected chi connectivity index (χ4v) is 2.42. The predicted octanol–water partition coefficient (Wildman–Crippen LogP) is 3.32. The molecule has 3 heteroatoms. The second-order valence-corrected chi connectivity index (χ2v) is 5.23. The number of carbonyl (C=O) groups is 1. The quantitative estimate of drug-likeness (QED) is 0.899. The number of hydrogen-bond acceptors (Lipinski definition) is 1. The fraction of sp³-hybridized carbons (Fsp3) is 0.312. The summed E-state index contributed by atoms with van der Waals surface area (Å²) in [5.41, 5.74) is 10.3. The molecule has 1 aromatic carbocycles. The first kappa shape index (κ1) is 13.4. The average Bonchev–Trinajstić information content (AvgIpc) is 2.65. The lowest BCUT2D eigenvalue weighted by Gasteiger charge is -2.12. The number of amides is 1. The lowest BCUT2D eigenvalue weighted by atomic mass is 10.0. The highest BCUT2D eigenvalue weighted by Crippen LogP contribution is 2.22. The van der Waals surface area contributed by atoms with Crippen LogP contribution in [0.1, 0.15) is 47.1 Å². The van der Waals surface area contributed by atoms with Gasteiger partial charge in [-0.2, -0.15) is 0 Å². The molecule has 100 valence electrons. The number of benzene rings is 1. The van der Waals surface area contributed by atoms with E-state index in [0.717, 1.165) is 17.1 Å². The largest absolute Gasteiger partial charge is 0.366 e. The van der Waals surface area contributed by atoms with Crippen LogP contribution in [0.4, 0.5) is 0 Å². The van der Waals surface area contributed by atoms with E-state index >= 15 is 0 Å².